The molecule has 0 radical (unpaired) electrons. The fraction of sp³-hybridized carbons (Fsp3) is 0.907. The second-order valence-corrected chi connectivity index (χ2v) is 21.4. The maximum Gasteiger partial charge on any atom is 0.472 e. The Morgan fingerprint density at radius 1 is 0.524 bits per heavy atom. The number of likely N-dealkylation sites (N-methyl/N-ethyl adjacent to an activating group) is 1. The number of rotatable bonds is 50. The lowest BCUT2D eigenvalue weighted by Crippen LogP contribution is -2.45. The normalized spacial score (nSPS) is 14.2. The van der Waals surface area contributed by atoms with Gasteiger partial charge in [-0.3, -0.25) is 13.8 Å². The summed E-state index contributed by atoms with van der Waals surface area (Å²) in [6.07, 6.45) is 57.0. The van der Waals surface area contributed by atoms with Crippen LogP contribution in [0, 0.1) is 0 Å². The number of hydrogen-bond acceptors (Lipinski definition) is 5. The summed E-state index contributed by atoms with van der Waals surface area (Å²) in [5, 5.41) is 13.9. The van der Waals surface area contributed by atoms with E-state index >= 15 is 0 Å². The van der Waals surface area contributed by atoms with Crippen molar-refractivity contribution in [3.63, 3.8) is 0 Å². The molecule has 3 N–H and O–H groups in total. The molecule has 0 spiro atoms. The minimum Gasteiger partial charge on any atom is -0.387 e. The van der Waals surface area contributed by atoms with Crippen molar-refractivity contribution in [1.82, 2.24) is 5.32 Å². The summed E-state index contributed by atoms with van der Waals surface area (Å²) in [7, 11) is 1.57. The lowest BCUT2D eigenvalue weighted by Gasteiger charge is -2.25. The topological polar surface area (TPSA) is 105 Å². The minimum absolute atomic E-state index is 0.0586. The van der Waals surface area contributed by atoms with Gasteiger partial charge in [0.15, 0.2) is 0 Å². The highest BCUT2D eigenvalue weighted by atomic mass is 31.2. The van der Waals surface area contributed by atoms with Crippen LogP contribution in [0.4, 0.5) is 0 Å². The van der Waals surface area contributed by atoms with Crippen LogP contribution in [0.25, 0.3) is 0 Å². The first-order valence-corrected chi connectivity index (χ1v) is 28.7. The molecule has 0 aromatic rings. The Morgan fingerprint density at radius 3 is 1.27 bits per heavy atom. The number of phosphoric acid groups is 1. The van der Waals surface area contributed by atoms with E-state index in [1.54, 1.807) is 6.08 Å². The molecule has 0 heterocycles. The molecule has 0 aliphatic heterocycles. The van der Waals surface area contributed by atoms with Crippen LogP contribution in [-0.4, -0.2) is 73.4 Å². The highest BCUT2D eigenvalue weighted by Crippen LogP contribution is 2.43. The van der Waals surface area contributed by atoms with Gasteiger partial charge in [-0.15, -0.1) is 0 Å². The van der Waals surface area contributed by atoms with Crippen molar-refractivity contribution in [3.05, 3.63) is 24.3 Å². The van der Waals surface area contributed by atoms with Crippen LogP contribution in [0.1, 0.15) is 264 Å². The molecular weight excluding hydrogens is 804 g/mol. The zero-order chi connectivity index (χ0) is 46.4. The largest absolute Gasteiger partial charge is 0.472 e. The number of aliphatic hydroxyl groups excluding tert-OH is 1. The number of nitrogens with zero attached hydrogens (tertiary/aromatic N) is 1. The highest BCUT2D eigenvalue weighted by Gasteiger charge is 2.27. The SMILES string of the molecule is CCCCCCCCCCCC/C=C/CC/C=C/C(O)C(COP(=O)(O)OCC[N+](C)(C)C)NC(=O)CCCCCCCCCCCCCCCCCCCCCCCCCCC. The van der Waals surface area contributed by atoms with Crippen molar-refractivity contribution in [3.8, 4) is 0 Å². The Hall–Kier alpha value is -1.02. The number of phosphoric ester groups is 1. The van der Waals surface area contributed by atoms with E-state index in [9.17, 15) is 19.4 Å². The van der Waals surface area contributed by atoms with Crippen molar-refractivity contribution < 1.29 is 32.9 Å². The maximum absolute atomic E-state index is 12.9. The summed E-state index contributed by atoms with van der Waals surface area (Å²) in [5.74, 6) is -0.182. The molecule has 0 aromatic carbocycles. The Morgan fingerprint density at radius 2 is 0.873 bits per heavy atom. The van der Waals surface area contributed by atoms with E-state index in [0.717, 1.165) is 38.5 Å². The van der Waals surface area contributed by atoms with Gasteiger partial charge in [-0.1, -0.05) is 250 Å². The fourth-order valence-electron chi connectivity index (χ4n) is 8.12. The van der Waals surface area contributed by atoms with Gasteiger partial charge in [0.1, 0.15) is 13.2 Å². The van der Waals surface area contributed by atoms with Gasteiger partial charge in [0, 0.05) is 6.42 Å². The molecular formula is C54H108N2O6P+. The monoisotopic (exact) mass is 912 g/mol. The Balaban J connectivity index is 4.20. The lowest BCUT2D eigenvalue weighted by molar-refractivity contribution is -0.870. The van der Waals surface area contributed by atoms with Crippen LogP contribution in [0.15, 0.2) is 24.3 Å². The van der Waals surface area contributed by atoms with Crippen molar-refractivity contribution in [2.75, 3.05) is 40.9 Å². The quantitative estimate of drug-likeness (QED) is 0.0243. The van der Waals surface area contributed by atoms with Gasteiger partial charge >= 0.3 is 7.82 Å². The van der Waals surface area contributed by atoms with E-state index in [4.69, 9.17) is 9.05 Å². The number of hydrogen-bond donors (Lipinski definition) is 3. The molecule has 8 nitrogen and oxygen atoms in total. The Labute approximate surface area is 392 Å². The second kappa shape index (κ2) is 46.1. The molecule has 1 amide bonds. The summed E-state index contributed by atoms with van der Waals surface area (Å²) in [5.41, 5.74) is 0. The first-order chi connectivity index (χ1) is 30.5. The summed E-state index contributed by atoms with van der Waals surface area (Å²) >= 11 is 0. The number of quaternary nitrogens is 1. The number of unbranched alkanes of at least 4 members (excludes halogenated alkanes) is 35. The molecule has 0 bridgehead atoms. The minimum atomic E-state index is -4.35. The molecule has 0 saturated heterocycles. The van der Waals surface area contributed by atoms with Crippen LogP contribution in [-0.2, 0) is 18.4 Å². The maximum atomic E-state index is 12.9. The lowest BCUT2D eigenvalue weighted by atomic mass is 10.0. The molecule has 3 atom stereocenters. The standard InChI is InChI=1S/C54H107N2O6P/c1-6-8-10-12-14-16-18-20-22-24-25-26-27-28-29-30-31-32-34-36-38-40-42-44-46-48-54(58)55-52(51-62-63(59,60)61-50-49-56(3,4)5)53(57)47-45-43-41-39-37-35-33-23-21-19-17-15-13-11-9-7-2/h37,39,45,47,52-53,57H,6-36,38,40-44,46,48-51H2,1-5H3,(H-,55,58,59,60)/p+1/b39-37+,47-45+. The zero-order valence-electron chi connectivity index (χ0n) is 42.6. The van der Waals surface area contributed by atoms with E-state index in [1.807, 2.05) is 27.2 Å². The van der Waals surface area contributed by atoms with Crippen LogP contribution < -0.4 is 5.32 Å². The summed E-state index contributed by atoms with van der Waals surface area (Å²) in [6, 6.07) is -0.859. The van der Waals surface area contributed by atoms with Gasteiger partial charge < -0.3 is 19.8 Å². The predicted molar refractivity (Wildman–Crippen MR) is 272 cm³/mol. The van der Waals surface area contributed by atoms with Gasteiger partial charge in [0.25, 0.3) is 0 Å². The molecule has 0 aliphatic rings. The first kappa shape index (κ1) is 62.0. The van der Waals surface area contributed by atoms with Crippen LogP contribution in [0.2, 0.25) is 0 Å². The average Bonchev–Trinajstić information content (AvgIpc) is 3.24. The van der Waals surface area contributed by atoms with Crippen LogP contribution >= 0.6 is 7.82 Å². The second-order valence-electron chi connectivity index (χ2n) is 20.0. The van der Waals surface area contributed by atoms with E-state index in [1.165, 1.54) is 205 Å². The van der Waals surface area contributed by atoms with Crippen molar-refractivity contribution in [2.45, 2.75) is 276 Å². The van der Waals surface area contributed by atoms with E-state index in [2.05, 4.69) is 31.3 Å². The predicted octanol–water partition coefficient (Wildman–Crippen LogP) is 16.0. The van der Waals surface area contributed by atoms with E-state index in [0.29, 0.717) is 17.4 Å². The molecule has 0 fully saturated rings. The molecule has 9 heteroatoms. The Kier molecular flexibility index (Phi) is 45.4. The average molecular weight is 912 g/mol. The molecule has 0 aromatic heterocycles. The smallest absolute Gasteiger partial charge is 0.387 e. The van der Waals surface area contributed by atoms with Crippen molar-refractivity contribution >= 4 is 13.7 Å². The number of amides is 1. The highest BCUT2D eigenvalue weighted by molar-refractivity contribution is 7.47. The van der Waals surface area contributed by atoms with E-state index in [-0.39, 0.29) is 19.1 Å². The fourth-order valence-corrected chi connectivity index (χ4v) is 8.85. The zero-order valence-corrected chi connectivity index (χ0v) is 43.5. The van der Waals surface area contributed by atoms with Gasteiger partial charge in [0.05, 0.1) is 39.9 Å². The number of allylic oxidation sites excluding steroid dienone is 3. The van der Waals surface area contributed by atoms with Gasteiger partial charge in [-0.2, -0.15) is 0 Å². The summed E-state index contributed by atoms with van der Waals surface area (Å²) < 4.78 is 23.6. The third kappa shape index (κ3) is 48.7. The summed E-state index contributed by atoms with van der Waals surface area (Å²) in [6.45, 7) is 4.83. The van der Waals surface area contributed by atoms with Gasteiger partial charge in [-0.05, 0) is 32.1 Å². The van der Waals surface area contributed by atoms with Crippen molar-refractivity contribution in [1.29, 1.82) is 0 Å². The third-order valence-electron chi connectivity index (χ3n) is 12.4. The van der Waals surface area contributed by atoms with Gasteiger partial charge in [0.2, 0.25) is 5.91 Å². The van der Waals surface area contributed by atoms with E-state index < -0.39 is 20.0 Å². The summed E-state index contributed by atoms with van der Waals surface area (Å²) in [4.78, 5) is 23.2. The molecule has 0 rings (SSSR count). The number of nitrogens with one attached hydrogen (secondary N) is 1. The third-order valence-corrected chi connectivity index (χ3v) is 13.4. The molecule has 0 aliphatic carbocycles. The number of carbonyl (C=O) groups excluding carboxylic acids is 1. The van der Waals surface area contributed by atoms with Gasteiger partial charge in [-0.25, -0.2) is 4.57 Å². The number of aliphatic hydroxyl groups is 1. The number of carbonyl (C=O) groups is 1. The Bertz CT molecular complexity index is 1080. The molecule has 374 valence electrons. The first-order valence-electron chi connectivity index (χ1n) is 27.2. The van der Waals surface area contributed by atoms with Crippen molar-refractivity contribution in [2.24, 2.45) is 0 Å². The van der Waals surface area contributed by atoms with Crippen LogP contribution in [0.3, 0.4) is 0 Å². The molecule has 3 unspecified atom stereocenters. The van der Waals surface area contributed by atoms with Crippen LogP contribution in [0.5, 0.6) is 0 Å². The molecule has 0 saturated carbocycles. The molecule has 63 heavy (non-hydrogen) atoms.